The van der Waals surface area contributed by atoms with Crippen LogP contribution >= 0.6 is 0 Å². The molecule has 1 heterocycles. The molecule has 2 fully saturated rings. The Balaban J connectivity index is 1.74. The van der Waals surface area contributed by atoms with Crippen molar-refractivity contribution >= 4 is 0 Å². The van der Waals surface area contributed by atoms with Crippen molar-refractivity contribution in [3.63, 3.8) is 0 Å². The second-order valence-electron chi connectivity index (χ2n) is 6.76. The molecule has 1 unspecified atom stereocenters. The van der Waals surface area contributed by atoms with Gasteiger partial charge < -0.3 is 10.1 Å². The fourth-order valence-corrected chi connectivity index (χ4v) is 2.24. The quantitative estimate of drug-likeness (QED) is 0.794. The number of ether oxygens (including phenoxy) is 1. The Labute approximate surface area is 106 Å². The average Bonchev–Trinajstić information content (AvgIpc) is 3.07. The average molecular weight is 240 g/mol. The van der Waals surface area contributed by atoms with E-state index < -0.39 is 0 Å². The van der Waals surface area contributed by atoms with Crippen molar-refractivity contribution in [1.29, 1.82) is 0 Å². The molecule has 0 aromatic heterocycles. The monoisotopic (exact) mass is 240 g/mol. The lowest BCUT2D eigenvalue weighted by Crippen LogP contribution is -2.51. The Morgan fingerprint density at radius 2 is 2.06 bits per heavy atom. The van der Waals surface area contributed by atoms with Crippen LogP contribution in [0, 0.1) is 5.41 Å². The fraction of sp³-hybridized carbons (Fsp3) is 1.00. The molecule has 1 aliphatic heterocycles. The topological polar surface area (TPSA) is 24.5 Å². The highest BCUT2D eigenvalue weighted by molar-refractivity contribution is 4.85. The molecule has 100 valence electrons. The minimum absolute atomic E-state index is 0.437. The first-order chi connectivity index (χ1) is 8.04. The number of nitrogens with zero attached hydrogens (tertiary/aromatic N) is 1. The van der Waals surface area contributed by atoms with E-state index in [-0.39, 0.29) is 0 Å². The van der Waals surface area contributed by atoms with E-state index in [9.17, 15) is 0 Å². The summed E-state index contributed by atoms with van der Waals surface area (Å²) in [6, 6.07) is 1.40. The van der Waals surface area contributed by atoms with Gasteiger partial charge in [-0.15, -0.1) is 0 Å². The second kappa shape index (κ2) is 5.68. The summed E-state index contributed by atoms with van der Waals surface area (Å²) in [6.45, 7) is 12.2. The van der Waals surface area contributed by atoms with E-state index in [1.807, 2.05) is 0 Å². The van der Waals surface area contributed by atoms with Gasteiger partial charge in [0.15, 0.2) is 0 Å². The molecular weight excluding hydrogens is 212 g/mol. The molecule has 0 aromatic carbocycles. The van der Waals surface area contributed by atoms with Crippen LogP contribution < -0.4 is 5.32 Å². The lowest BCUT2D eigenvalue weighted by Gasteiger charge is -2.37. The Morgan fingerprint density at radius 1 is 1.29 bits per heavy atom. The molecule has 0 bridgehead atoms. The summed E-state index contributed by atoms with van der Waals surface area (Å²) in [4.78, 5) is 2.62. The summed E-state index contributed by atoms with van der Waals surface area (Å²) < 4.78 is 5.62. The SMILES string of the molecule is CC(C)(C)CCN1CCOCC1CNC1CC1. The van der Waals surface area contributed by atoms with Crippen molar-refractivity contribution < 1.29 is 4.74 Å². The summed E-state index contributed by atoms with van der Waals surface area (Å²) in [7, 11) is 0. The minimum Gasteiger partial charge on any atom is -0.378 e. The third-order valence-electron chi connectivity index (χ3n) is 3.72. The van der Waals surface area contributed by atoms with Gasteiger partial charge in [0.1, 0.15) is 0 Å². The minimum atomic E-state index is 0.437. The zero-order valence-corrected chi connectivity index (χ0v) is 11.7. The summed E-state index contributed by atoms with van der Waals surface area (Å²) >= 11 is 0. The summed E-state index contributed by atoms with van der Waals surface area (Å²) in [5.74, 6) is 0. The van der Waals surface area contributed by atoms with Crippen LogP contribution in [0.25, 0.3) is 0 Å². The lowest BCUT2D eigenvalue weighted by atomic mass is 9.92. The van der Waals surface area contributed by atoms with Gasteiger partial charge in [-0.05, 0) is 31.2 Å². The largest absolute Gasteiger partial charge is 0.378 e. The second-order valence-corrected chi connectivity index (χ2v) is 6.76. The first-order valence-electron chi connectivity index (χ1n) is 7.10. The van der Waals surface area contributed by atoms with E-state index in [4.69, 9.17) is 4.74 Å². The molecule has 1 saturated carbocycles. The predicted octanol–water partition coefficient (Wildman–Crippen LogP) is 1.88. The van der Waals surface area contributed by atoms with Gasteiger partial charge in [-0.1, -0.05) is 20.8 Å². The third-order valence-corrected chi connectivity index (χ3v) is 3.72. The molecule has 2 rings (SSSR count). The lowest BCUT2D eigenvalue weighted by molar-refractivity contribution is -0.0108. The summed E-state index contributed by atoms with van der Waals surface area (Å²) in [5, 5.41) is 3.63. The van der Waals surface area contributed by atoms with Crippen LogP contribution in [0.3, 0.4) is 0 Å². The van der Waals surface area contributed by atoms with Gasteiger partial charge >= 0.3 is 0 Å². The molecule has 0 aromatic rings. The van der Waals surface area contributed by atoms with E-state index in [0.717, 1.165) is 32.3 Å². The zero-order valence-electron chi connectivity index (χ0n) is 11.7. The molecule has 1 saturated heterocycles. The number of morpholine rings is 1. The van der Waals surface area contributed by atoms with Crippen LogP contribution in [0.15, 0.2) is 0 Å². The molecule has 0 spiro atoms. The molecule has 17 heavy (non-hydrogen) atoms. The Bertz CT molecular complexity index is 233. The first-order valence-corrected chi connectivity index (χ1v) is 7.10. The Hall–Kier alpha value is -0.120. The van der Waals surface area contributed by atoms with E-state index in [0.29, 0.717) is 11.5 Å². The van der Waals surface area contributed by atoms with Crippen molar-refractivity contribution in [3.05, 3.63) is 0 Å². The maximum Gasteiger partial charge on any atom is 0.0634 e. The van der Waals surface area contributed by atoms with E-state index >= 15 is 0 Å². The van der Waals surface area contributed by atoms with Crippen molar-refractivity contribution in [2.24, 2.45) is 5.41 Å². The van der Waals surface area contributed by atoms with Gasteiger partial charge in [-0.25, -0.2) is 0 Å². The Morgan fingerprint density at radius 3 is 2.71 bits per heavy atom. The smallest absolute Gasteiger partial charge is 0.0634 e. The fourth-order valence-electron chi connectivity index (χ4n) is 2.24. The molecule has 0 amide bonds. The van der Waals surface area contributed by atoms with Gasteiger partial charge in [0, 0.05) is 25.2 Å². The number of hydrogen-bond donors (Lipinski definition) is 1. The number of nitrogens with one attached hydrogen (secondary N) is 1. The van der Waals surface area contributed by atoms with Gasteiger partial charge in [-0.2, -0.15) is 0 Å². The van der Waals surface area contributed by atoms with Crippen LogP contribution in [0.1, 0.15) is 40.0 Å². The maximum atomic E-state index is 5.62. The van der Waals surface area contributed by atoms with Crippen molar-refractivity contribution in [1.82, 2.24) is 10.2 Å². The van der Waals surface area contributed by atoms with Crippen molar-refractivity contribution in [3.8, 4) is 0 Å². The maximum absolute atomic E-state index is 5.62. The van der Waals surface area contributed by atoms with Crippen LogP contribution in [0.4, 0.5) is 0 Å². The highest BCUT2D eigenvalue weighted by atomic mass is 16.5. The first kappa shape index (κ1) is 13.3. The van der Waals surface area contributed by atoms with Crippen LogP contribution in [-0.2, 0) is 4.74 Å². The van der Waals surface area contributed by atoms with Gasteiger partial charge in [0.05, 0.1) is 13.2 Å². The van der Waals surface area contributed by atoms with Gasteiger partial charge in [-0.3, -0.25) is 4.90 Å². The number of rotatable bonds is 5. The number of hydrogen-bond acceptors (Lipinski definition) is 3. The van der Waals surface area contributed by atoms with Gasteiger partial charge in [0.25, 0.3) is 0 Å². The molecule has 1 N–H and O–H groups in total. The van der Waals surface area contributed by atoms with Crippen molar-refractivity contribution in [2.75, 3.05) is 32.8 Å². The molecule has 3 nitrogen and oxygen atoms in total. The molecule has 3 heteroatoms. The molecule has 1 atom stereocenters. The highest BCUT2D eigenvalue weighted by Crippen LogP contribution is 2.21. The Kier molecular flexibility index (Phi) is 4.45. The molecule has 1 aliphatic carbocycles. The summed E-state index contributed by atoms with van der Waals surface area (Å²) in [6.07, 6.45) is 4.01. The zero-order chi connectivity index (χ0) is 12.3. The molecular formula is C14H28N2O. The van der Waals surface area contributed by atoms with E-state index in [1.165, 1.54) is 25.8 Å². The van der Waals surface area contributed by atoms with Crippen LogP contribution in [-0.4, -0.2) is 49.8 Å². The van der Waals surface area contributed by atoms with Crippen LogP contribution in [0.5, 0.6) is 0 Å². The molecule has 0 radical (unpaired) electrons. The van der Waals surface area contributed by atoms with E-state index in [1.54, 1.807) is 0 Å². The standard InChI is InChI=1S/C14H28N2O/c1-14(2,3)6-7-16-8-9-17-11-13(16)10-15-12-4-5-12/h12-13,15H,4-11H2,1-3H3. The third kappa shape index (κ3) is 4.94. The normalized spacial score (nSPS) is 27.4. The van der Waals surface area contributed by atoms with Crippen molar-refractivity contribution in [2.45, 2.75) is 52.1 Å². The van der Waals surface area contributed by atoms with E-state index in [2.05, 4.69) is 31.0 Å². The predicted molar refractivity (Wildman–Crippen MR) is 71.3 cm³/mol. The molecule has 2 aliphatic rings. The highest BCUT2D eigenvalue weighted by Gasteiger charge is 2.27. The summed E-state index contributed by atoms with van der Waals surface area (Å²) in [5.41, 5.74) is 0.437. The van der Waals surface area contributed by atoms with Crippen LogP contribution in [0.2, 0.25) is 0 Å². The van der Waals surface area contributed by atoms with Gasteiger partial charge in [0.2, 0.25) is 0 Å².